The number of nitrogens with zero attached hydrogens (tertiary/aromatic N) is 4. The lowest BCUT2D eigenvalue weighted by atomic mass is 10.00. The van der Waals surface area contributed by atoms with Crippen LogP contribution in [-0.4, -0.2) is 57.0 Å². The molecule has 4 aromatic rings. The van der Waals surface area contributed by atoms with Crippen molar-refractivity contribution in [1.82, 2.24) is 19.9 Å². The number of H-pyrrole nitrogens is 1. The van der Waals surface area contributed by atoms with Crippen LogP contribution in [0.15, 0.2) is 54.7 Å². The Morgan fingerprint density at radius 2 is 1.78 bits per heavy atom. The van der Waals surface area contributed by atoms with Crippen LogP contribution in [-0.2, 0) is 11.0 Å². The largest absolute Gasteiger partial charge is 0.416 e. The number of pyridine rings is 1. The molecule has 7 nitrogen and oxygen atoms in total. The topological polar surface area (TPSA) is 85.4 Å². The van der Waals surface area contributed by atoms with Crippen LogP contribution in [0.2, 0.25) is 0 Å². The number of alkyl halides is 3. The summed E-state index contributed by atoms with van der Waals surface area (Å²) in [6.45, 7) is 5.83. The molecule has 1 fully saturated rings. The molecule has 2 N–H and O–H groups in total. The van der Waals surface area contributed by atoms with Crippen LogP contribution in [0.5, 0.6) is 0 Å². The van der Waals surface area contributed by atoms with E-state index in [1.54, 1.807) is 11.1 Å². The van der Waals surface area contributed by atoms with Gasteiger partial charge in [0.2, 0.25) is 0 Å². The third-order valence-corrected chi connectivity index (χ3v) is 6.71. The number of carbonyl (C=O) groups is 1. The fourth-order valence-electron chi connectivity index (χ4n) is 4.55. The van der Waals surface area contributed by atoms with Gasteiger partial charge in [0.05, 0.1) is 16.6 Å². The summed E-state index contributed by atoms with van der Waals surface area (Å²) in [6.07, 6.45) is -4.00. The number of nitrogens with one attached hydrogen (secondary N) is 1. The summed E-state index contributed by atoms with van der Waals surface area (Å²) >= 11 is 0. The number of rotatable bonds is 4. The van der Waals surface area contributed by atoms with Gasteiger partial charge in [0, 0.05) is 37.9 Å². The van der Waals surface area contributed by atoms with Gasteiger partial charge in [-0.1, -0.05) is 23.8 Å². The number of benzene rings is 2. The minimum absolute atomic E-state index is 0.234. The normalized spacial score (nSPS) is 15.3. The summed E-state index contributed by atoms with van der Waals surface area (Å²) in [6, 6.07) is 12.8. The van der Waals surface area contributed by atoms with Gasteiger partial charge in [-0.3, -0.25) is 4.79 Å². The highest BCUT2D eigenvalue weighted by Crippen LogP contribution is 2.32. The number of aryl methyl sites for hydroxylation is 2. The number of aromatic nitrogens is 3. The lowest BCUT2D eigenvalue weighted by Gasteiger charge is -2.36. The van der Waals surface area contributed by atoms with Crippen molar-refractivity contribution in [3.05, 3.63) is 77.0 Å². The Balaban J connectivity index is 1.24. The predicted octanol–water partition coefficient (Wildman–Crippen LogP) is 4.64. The molecular weight excluding hydrogens is 483 g/mol. The number of carbonyl (C=O) groups excluding carboxylic acids is 1. The van der Waals surface area contributed by atoms with Gasteiger partial charge in [-0.05, 0) is 55.3 Å². The zero-order valence-electron chi connectivity index (χ0n) is 20.4. The number of aliphatic hydroxyl groups is 1. The maximum atomic E-state index is 13.0. The molecule has 1 amide bonds. The molecular formula is C27H26F3N5O2. The molecule has 5 rings (SSSR count). The Morgan fingerprint density at radius 3 is 2.46 bits per heavy atom. The number of amides is 1. The number of imidazole rings is 1. The van der Waals surface area contributed by atoms with Crippen molar-refractivity contribution in [1.29, 1.82) is 0 Å². The van der Waals surface area contributed by atoms with Gasteiger partial charge < -0.3 is 19.9 Å². The van der Waals surface area contributed by atoms with Gasteiger partial charge in [-0.25, -0.2) is 9.97 Å². The van der Waals surface area contributed by atoms with E-state index in [0.29, 0.717) is 48.6 Å². The summed E-state index contributed by atoms with van der Waals surface area (Å²) in [5.74, 6) is 0.848. The van der Waals surface area contributed by atoms with E-state index in [-0.39, 0.29) is 11.4 Å². The smallest absolute Gasteiger partial charge is 0.378 e. The van der Waals surface area contributed by atoms with Gasteiger partial charge in [0.15, 0.2) is 6.10 Å². The Hall–Kier alpha value is -3.92. The summed E-state index contributed by atoms with van der Waals surface area (Å²) < 4.78 is 39.0. The number of aliphatic hydroxyl groups excluding tert-OH is 1. The first kappa shape index (κ1) is 24.8. The number of piperazine rings is 1. The van der Waals surface area contributed by atoms with E-state index in [1.165, 1.54) is 6.07 Å². The summed E-state index contributed by atoms with van der Waals surface area (Å²) in [5.41, 5.74) is 3.14. The summed E-state index contributed by atoms with van der Waals surface area (Å²) in [5, 5.41) is 10.7. The van der Waals surface area contributed by atoms with Crippen LogP contribution in [0.1, 0.15) is 28.4 Å². The van der Waals surface area contributed by atoms with Crippen LogP contribution < -0.4 is 4.90 Å². The number of anilines is 1. The van der Waals surface area contributed by atoms with Gasteiger partial charge in [-0.15, -0.1) is 0 Å². The van der Waals surface area contributed by atoms with Gasteiger partial charge in [0.25, 0.3) is 5.91 Å². The van der Waals surface area contributed by atoms with E-state index >= 15 is 0 Å². The SMILES string of the molecule is Cc1ccc(C)c(C(O)C(=O)N2CCN(c3ccc(-c4nc5cc(C(F)(F)F)ccc5[nH]4)cn3)CC2)c1. The van der Waals surface area contributed by atoms with E-state index in [4.69, 9.17) is 0 Å². The maximum Gasteiger partial charge on any atom is 0.416 e. The van der Waals surface area contributed by atoms with E-state index in [9.17, 15) is 23.1 Å². The molecule has 1 unspecified atom stereocenters. The molecule has 192 valence electrons. The second kappa shape index (κ2) is 9.51. The molecule has 2 aromatic carbocycles. The van der Waals surface area contributed by atoms with Crippen molar-refractivity contribution in [3.63, 3.8) is 0 Å². The van der Waals surface area contributed by atoms with E-state index in [2.05, 4.69) is 15.0 Å². The Morgan fingerprint density at radius 1 is 1.03 bits per heavy atom. The quantitative estimate of drug-likeness (QED) is 0.419. The molecule has 10 heteroatoms. The first-order valence-corrected chi connectivity index (χ1v) is 11.9. The predicted molar refractivity (Wildman–Crippen MR) is 134 cm³/mol. The molecule has 0 bridgehead atoms. The fourth-order valence-corrected chi connectivity index (χ4v) is 4.55. The maximum absolute atomic E-state index is 13.0. The zero-order chi connectivity index (χ0) is 26.3. The van der Waals surface area contributed by atoms with Gasteiger partial charge in [0.1, 0.15) is 11.6 Å². The monoisotopic (exact) mass is 509 g/mol. The summed E-state index contributed by atoms with van der Waals surface area (Å²) in [4.78, 5) is 28.5. The minimum Gasteiger partial charge on any atom is -0.378 e. The van der Waals surface area contributed by atoms with E-state index < -0.39 is 17.8 Å². The molecule has 0 radical (unpaired) electrons. The van der Waals surface area contributed by atoms with Crippen molar-refractivity contribution in [2.24, 2.45) is 0 Å². The van der Waals surface area contributed by atoms with Crippen molar-refractivity contribution in [3.8, 4) is 11.4 Å². The second-order valence-corrected chi connectivity index (χ2v) is 9.30. The highest BCUT2D eigenvalue weighted by atomic mass is 19.4. The van der Waals surface area contributed by atoms with Crippen molar-refractivity contribution in [2.75, 3.05) is 31.1 Å². The molecule has 0 aliphatic carbocycles. The Labute approximate surface area is 211 Å². The molecule has 1 saturated heterocycles. The van der Waals surface area contributed by atoms with Crippen molar-refractivity contribution < 1.29 is 23.1 Å². The highest BCUT2D eigenvalue weighted by Gasteiger charge is 2.31. The Kier molecular flexibility index (Phi) is 6.36. The average Bonchev–Trinajstić information content (AvgIpc) is 3.32. The van der Waals surface area contributed by atoms with Crippen LogP contribution in [0, 0.1) is 13.8 Å². The number of fused-ring (bicyclic) bond motifs is 1. The van der Waals surface area contributed by atoms with Gasteiger partial charge in [-0.2, -0.15) is 13.2 Å². The lowest BCUT2D eigenvalue weighted by Crippen LogP contribution is -2.50. The third kappa shape index (κ3) is 5.01. The standard InChI is InChI=1S/C27H26F3N5O2/c1-16-3-4-17(2)20(13-16)24(36)26(37)35-11-9-34(10-12-35)23-8-5-18(15-31-23)25-32-21-7-6-19(27(28,29)30)14-22(21)33-25/h3-8,13-15,24,36H,9-12H2,1-2H3,(H,32,33). The van der Waals surface area contributed by atoms with E-state index in [0.717, 1.165) is 29.1 Å². The molecule has 1 atom stereocenters. The number of halogens is 3. The Bertz CT molecular complexity index is 1440. The molecule has 37 heavy (non-hydrogen) atoms. The number of hydrogen-bond donors (Lipinski definition) is 2. The van der Waals surface area contributed by atoms with E-state index in [1.807, 2.05) is 49.1 Å². The third-order valence-electron chi connectivity index (χ3n) is 6.71. The van der Waals surface area contributed by atoms with Crippen LogP contribution >= 0.6 is 0 Å². The summed E-state index contributed by atoms with van der Waals surface area (Å²) in [7, 11) is 0. The van der Waals surface area contributed by atoms with Crippen LogP contribution in [0.3, 0.4) is 0 Å². The second-order valence-electron chi connectivity index (χ2n) is 9.30. The highest BCUT2D eigenvalue weighted by molar-refractivity contribution is 5.83. The molecule has 1 aliphatic rings. The number of hydrogen-bond acceptors (Lipinski definition) is 5. The molecule has 2 aromatic heterocycles. The van der Waals surface area contributed by atoms with Crippen molar-refractivity contribution in [2.45, 2.75) is 26.1 Å². The van der Waals surface area contributed by atoms with Gasteiger partial charge >= 0.3 is 6.18 Å². The molecule has 3 heterocycles. The fraction of sp³-hybridized carbons (Fsp3) is 0.296. The minimum atomic E-state index is -4.43. The zero-order valence-corrected chi connectivity index (χ0v) is 20.4. The lowest BCUT2D eigenvalue weighted by molar-refractivity contribution is -0.141. The van der Waals surface area contributed by atoms with Crippen LogP contribution in [0.4, 0.5) is 19.0 Å². The first-order valence-electron chi connectivity index (χ1n) is 11.9. The van der Waals surface area contributed by atoms with Crippen LogP contribution in [0.25, 0.3) is 22.4 Å². The number of aromatic amines is 1. The van der Waals surface area contributed by atoms with Crippen molar-refractivity contribution >= 4 is 22.8 Å². The first-order chi connectivity index (χ1) is 17.6. The molecule has 1 aliphatic heterocycles. The molecule has 0 spiro atoms. The molecule has 0 saturated carbocycles. The average molecular weight is 510 g/mol.